The number of benzene rings is 2. The zero-order valence-electron chi connectivity index (χ0n) is 15.9. The molecule has 0 spiro atoms. The predicted molar refractivity (Wildman–Crippen MR) is 120 cm³/mol. The Kier molecular flexibility index (Phi) is 8.22. The van der Waals surface area contributed by atoms with Gasteiger partial charge in [0.15, 0.2) is 5.96 Å². The number of halogens is 1. The number of nitrogens with one attached hydrogen (secondary N) is 1. The van der Waals surface area contributed by atoms with Crippen LogP contribution in [0.2, 0.25) is 0 Å². The van der Waals surface area contributed by atoms with Crippen LogP contribution in [-0.4, -0.2) is 25.2 Å². The molecule has 0 aliphatic carbocycles. The number of fused-ring (bicyclic) bond motifs is 1. The Morgan fingerprint density at radius 2 is 2.11 bits per heavy atom. The van der Waals surface area contributed by atoms with Crippen LogP contribution in [0.1, 0.15) is 36.9 Å². The van der Waals surface area contributed by atoms with Crippen molar-refractivity contribution in [1.29, 1.82) is 0 Å². The van der Waals surface area contributed by atoms with Crippen molar-refractivity contribution in [3.63, 3.8) is 0 Å². The number of ether oxygens (including phenoxy) is 2. The molecule has 0 bridgehead atoms. The van der Waals surface area contributed by atoms with Crippen LogP contribution in [0.25, 0.3) is 0 Å². The molecular weight excluding hydrogens is 453 g/mol. The van der Waals surface area contributed by atoms with Gasteiger partial charge in [-0.3, -0.25) is 0 Å². The highest BCUT2D eigenvalue weighted by Crippen LogP contribution is 2.31. The molecule has 0 saturated heterocycles. The van der Waals surface area contributed by atoms with Crippen LogP contribution in [0.15, 0.2) is 53.5 Å². The Morgan fingerprint density at radius 3 is 2.89 bits per heavy atom. The summed E-state index contributed by atoms with van der Waals surface area (Å²) in [5.74, 6) is 2.23. The number of guanidine groups is 1. The summed E-state index contributed by atoms with van der Waals surface area (Å²) in [7, 11) is 0. The summed E-state index contributed by atoms with van der Waals surface area (Å²) in [4.78, 5) is 4.50. The molecule has 2 unspecified atom stereocenters. The highest BCUT2D eigenvalue weighted by molar-refractivity contribution is 14.0. The number of nitrogens with zero attached hydrogens (tertiary/aromatic N) is 1. The van der Waals surface area contributed by atoms with E-state index >= 15 is 0 Å². The Morgan fingerprint density at radius 1 is 1.30 bits per heavy atom. The SMILES string of the molecule is CCC(CN=C(N)NC1CCOc2ccccc21)Oc1cccc(C)c1.I. The van der Waals surface area contributed by atoms with E-state index in [2.05, 4.69) is 36.3 Å². The van der Waals surface area contributed by atoms with E-state index in [4.69, 9.17) is 15.2 Å². The summed E-state index contributed by atoms with van der Waals surface area (Å²) in [5, 5.41) is 3.32. The highest BCUT2D eigenvalue weighted by Gasteiger charge is 2.21. The Balaban J connectivity index is 0.00000261. The topological polar surface area (TPSA) is 68.9 Å². The second-order valence-corrected chi connectivity index (χ2v) is 6.56. The third-order valence-corrected chi connectivity index (χ3v) is 4.49. The molecule has 0 radical (unpaired) electrons. The van der Waals surface area contributed by atoms with E-state index < -0.39 is 0 Å². The molecule has 0 amide bonds. The first-order valence-corrected chi connectivity index (χ1v) is 9.17. The van der Waals surface area contributed by atoms with Crippen molar-refractivity contribution in [2.24, 2.45) is 10.7 Å². The van der Waals surface area contributed by atoms with Crippen molar-refractivity contribution in [2.45, 2.75) is 38.8 Å². The smallest absolute Gasteiger partial charge is 0.189 e. The quantitative estimate of drug-likeness (QED) is 0.369. The third kappa shape index (κ3) is 6.02. The van der Waals surface area contributed by atoms with Crippen LogP contribution in [0.3, 0.4) is 0 Å². The fourth-order valence-corrected chi connectivity index (χ4v) is 3.05. The second-order valence-electron chi connectivity index (χ2n) is 6.56. The van der Waals surface area contributed by atoms with E-state index in [-0.39, 0.29) is 36.1 Å². The Labute approximate surface area is 178 Å². The van der Waals surface area contributed by atoms with Crippen LogP contribution in [-0.2, 0) is 0 Å². The van der Waals surface area contributed by atoms with Crippen molar-refractivity contribution < 1.29 is 9.47 Å². The first-order chi connectivity index (χ1) is 12.7. The summed E-state index contributed by atoms with van der Waals surface area (Å²) in [6.45, 7) is 5.35. The molecule has 2 aromatic rings. The third-order valence-electron chi connectivity index (χ3n) is 4.49. The van der Waals surface area contributed by atoms with Gasteiger partial charge in [-0.2, -0.15) is 0 Å². The first-order valence-electron chi connectivity index (χ1n) is 9.17. The molecule has 6 heteroatoms. The monoisotopic (exact) mass is 481 g/mol. The van der Waals surface area contributed by atoms with Crippen molar-refractivity contribution in [3.05, 3.63) is 59.7 Å². The van der Waals surface area contributed by atoms with Gasteiger partial charge in [0.2, 0.25) is 0 Å². The lowest BCUT2D eigenvalue weighted by atomic mass is 10.0. The van der Waals surface area contributed by atoms with Gasteiger partial charge in [0, 0.05) is 12.0 Å². The van der Waals surface area contributed by atoms with Gasteiger partial charge in [-0.05, 0) is 37.1 Å². The summed E-state index contributed by atoms with van der Waals surface area (Å²) in [6.07, 6.45) is 1.73. The van der Waals surface area contributed by atoms with Crippen molar-refractivity contribution in [1.82, 2.24) is 5.32 Å². The summed E-state index contributed by atoms with van der Waals surface area (Å²) in [6, 6.07) is 16.2. The van der Waals surface area contributed by atoms with Crippen molar-refractivity contribution in [3.8, 4) is 11.5 Å². The van der Waals surface area contributed by atoms with E-state index in [0.717, 1.165) is 29.9 Å². The number of aliphatic imine (C=N–C) groups is 1. The van der Waals surface area contributed by atoms with Gasteiger partial charge in [-0.15, -0.1) is 24.0 Å². The van der Waals surface area contributed by atoms with E-state index in [9.17, 15) is 0 Å². The molecule has 5 nitrogen and oxygen atoms in total. The molecular formula is C21H28IN3O2. The molecule has 3 N–H and O–H groups in total. The van der Waals surface area contributed by atoms with Gasteiger partial charge < -0.3 is 20.5 Å². The molecule has 2 aromatic carbocycles. The molecule has 1 heterocycles. The Hall–Kier alpha value is -1.96. The minimum absolute atomic E-state index is 0. The van der Waals surface area contributed by atoms with E-state index in [0.29, 0.717) is 19.1 Å². The van der Waals surface area contributed by atoms with Gasteiger partial charge >= 0.3 is 0 Å². The fraction of sp³-hybridized carbons (Fsp3) is 0.381. The van der Waals surface area contributed by atoms with Crippen LogP contribution in [0.5, 0.6) is 11.5 Å². The van der Waals surface area contributed by atoms with Crippen LogP contribution in [0, 0.1) is 6.92 Å². The fourth-order valence-electron chi connectivity index (χ4n) is 3.05. The minimum Gasteiger partial charge on any atom is -0.493 e. The molecule has 27 heavy (non-hydrogen) atoms. The molecule has 3 rings (SSSR count). The van der Waals surface area contributed by atoms with Crippen LogP contribution in [0.4, 0.5) is 0 Å². The number of hydrogen-bond donors (Lipinski definition) is 2. The normalized spacial score (nSPS) is 17.1. The summed E-state index contributed by atoms with van der Waals surface area (Å²) < 4.78 is 11.7. The molecule has 1 aliphatic rings. The molecule has 146 valence electrons. The molecule has 0 aromatic heterocycles. The zero-order chi connectivity index (χ0) is 18.4. The summed E-state index contributed by atoms with van der Waals surface area (Å²) in [5.41, 5.74) is 8.43. The molecule has 1 aliphatic heterocycles. The lowest BCUT2D eigenvalue weighted by molar-refractivity contribution is 0.205. The van der Waals surface area contributed by atoms with Gasteiger partial charge in [0.25, 0.3) is 0 Å². The average molecular weight is 481 g/mol. The van der Waals surface area contributed by atoms with Crippen LogP contribution < -0.4 is 20.5 Å². The number of aryl methyl sites for hydroxylation is 1. The average Bonchev–Trinajstić information content (AvgIpc) is 2.65. The number of nitrogens with two attached hydrogens (primary N) is 1. The van der Waals surface area contributed by atoms with E-state index in [1.807, 2.05) is 36.4 Å². The number of rotatable bonds is 6. The van der Waals surface area contributed by atoms with Gasteiger partial charge in [0.05, 0.1) is 19.2 Å². The second kappa shape index (κ2) is 10.4. The maximum atomic E-state index is 6.12. The Bertz CT molecular complexity index is 767. The van der Waals surface area contributed by atoms with Gasteiger partial charge in [-0.1, -0.05) is 37.3 Å². The standard InChI is InChI=1S/C21H27N3O2.HI/c1-3-16(26-17-8-6-7-15(2)13-17)14-23-21(22)24-19-11-12-25-20-10-5-4-9-18(19)20;/h4-10,13,16,19H,3,11-12,14H2,1-2H3,(H3,22,23,24);1H. The van der Waals surface area contributed by atoms with Crippen molar-refractivity contribution in [2.75, 3.05) is 13.2 Å². The predicted octanol–water partition coefficient (Wildman–Crippen LogP) is 4.20. The largest absolute Gasteiger partial charge is 0.493 e. The number of para-hydroxylation sites is 1. The maximum absolute atomic E-state index is 6.12. The van der Waals surface area contributed by atoms with Crippen molar-refractivity contribution >= 4 is 29.9 Å². The highest BCUT2D eigenvalue weighted by atomic mass is 127. The van der Waals surface area contributed by atoms with Crippen LogP contribution >= 0.6 is 24.0 Å². The van der Waals surface area contributed by atoms with E-state index in [1.54, 1.807) is 0 Å². The maximum Gasteiger partial charge on any atom is 0.189 e. The lowest BCUT2D eigenvalue weighted by Crippen LogP contribution is -2.38. The van der Waals surface area contributed by atoms with E-state index in [1.165, 1.54) is 5.56 Å². The zero-order valence-corrected chi connectivity index (χ0v) is 18.2. The molecule has 0 fully saturated rings. The number of hydrogen-bond acceptors (Lipinski definition) is 3. The first kappa shape index (κ1) is 21.3. The molecule has 0 saturated carbocycles. The lowest BCUT2D eigenvalue weighted by Gasteiger charge is -2.27. The van der Waals surface area contributed by atoms with Gasteiger partial charge in [0.1, 0.15) is 17.6 Å². The van der Waals surface area contributed by atoms with Gasteiger partial charge in [-0.25, -0.2) is 4.99 Å². The molecule has 2 atom stereocenters. The summed E-state index contributed by atoms with van der Waals surface area (Å²) >= 11 is 0. The minimum atomic E-state index is -0.000810.